The molecule has 0 fully saturated rings. The van der Waals surface area contributed by atoms with Crippen LogP contribution in [0.15, 0.2) is 57.9 Å². The van der Waals surface area contributed by atoms with E-state index >= 15 is 0 Å². The van der Waals surface area contributed by atoms with Crippen LogP contribution >= 0.6 is 15.9 Å². The van der Waals surface area contributed by atoms with Crippen LogP contribution in [0.5, 0.6) is 0 Å². The number of hydrogen-bond acceptors (Lipinski definition) is 4. The number of H-pyrrole nitrogens is 1. The lowest BCUT2D eigenvalue weighted by molar-refractivity contribution is 0.0697. The number of nitrogens with zero attached hydrogens (tertiary/aromatic N) is 3. The van der Waals surface area contributed by atoms with Crippen molar-refractivity contribution in [3.8, 4) is 11.1 Å². The molecule has 0 atom stereocenters. The average molecular weight is 481 g/mol. The van der Waals surface area contributed by atoms with Gasteiger partial charge in [0.05, 0.1) is 5.56 Å². The fourth-order valence-corrected chi connectivity index (χ4v) is 4.03. The van der Waals surface area contributed by atoms with Crippen molar-refractivity contribution in [3.63, 3.8) is 0 Å². The molecule has 8 heteroatoms. The molecule has 0 saturated heterocycles. The van der Waals surface area contributed by atoms with Crippen molar-refractivity contribution in [2.45, 2.75) is 32.7 Å². The van der Waals surface area contributed by atoms with Gasteiger partial charge in [-0.25, -0.2) is 14.9 Å². The van der Waals surface area contributed by atoms with E-state index in [0.29, 0.717) is 27.7 Å². The molecular formula is C23H21BrN4O3. The first-order chi connectivity index (χ1) is 15.0. The van der Waals surface area contributed by atoms with Crippen LogP contribution in [0, 0.1) is 0 Å². The molecule has 0 amide bonds. The van der Waals surface area contributed by atoms with Crippen LogP contribution in [0.2, 0.25) is 0 Å². The zero-order valence-corrected chi connectivity index (χ0v) is 18.5. The number of unbranched alkanes of at least 4 members (excludes halogenated alkanes) is 1. The maximum absolute atomic E-state index is 12.5. The summed E-state index contributed by atoms with van der Waals surface area (Å²) in [6, 6.07) is 14.7. The molecule has 0 spiro atoms. The van der Waals surface area contributed by atoms with E-state index < -0.39 is 5.97 Å². The molecule has 2 aromatic heterocycles. The van der Waals surface area contributed by atoms with Gasteiger partial charge in [-0.3, -0.25) is 4.79 Å². The summed E-state index contributed by atoms with van der Waals surface area (Å²) in [7, 11) is 0. The molecule has 0 unspecified atom stereocenters. The topological polar surface area (TPSA) is 101 Å². The van der Waals surface area contributed by atoms with E-state index in [4.69, 9.17) is 0 Å². The molecule has 0 radical (unpaired) electrons. The largest absolute Gasteiger partial charge is 0.478 e. The summed E-state index contributed by atoms with van der Waals surface area (Å²) in [5, 5.41) is 15.9. The number of rotatable bonds is 7. The number of carboxylic acid groups (broad SMARTS) is 1. The van der Waals surface area contributed by atoms with Crippen LogP contribution in [0.1, 0.15) is 41.5 Å². The van der Waals surface area contributed by atoms with E-state index in [2.05, 4.69) is 38.0 Å². The number of aryl methyl sites for hydroxylation is 1. The number of carboxylic acids is 1. The fraction of sp³-hybridized carbons (Fsp3) is 0.217. The third-order valence-corrected chi connectivity index (χ3v) is 5.78. The Morgan fingerprint density at radius 2 is 1.90 bits per heavy atom. The number of aromatic carboxylic acids is 1. The number of benzene rings is 2. The van der Waals surface area contributed by atoms with Gasteiger partial charge in [-0.1, -0.05) is 55.8 Å². The molecular weight excluding hydrogens is 460 g/mol. The predicted molar refractivity (Wildman–Crippen MR) is 122 cm³/mol. The Labute approximate surface area is 186 Å². The molecule has 158 valence electrons. The Balaban J connectivity index is 1.72. The lowest BCUT2D eigenvalue weighted by atomic mass is 9.99. The first-order valence-corrected chi connectivity index (χ1v) is 10.8. The van der Waals surface area contributed by atoms with Gasteiger partial charge in [0.25, 0.3) is 5.56 Å². The molecule has 0 aliphatic heterocycles. The highest BCUT2D eigenvalue weighted by atomic mass is 79.9. The zero-order valence-electron chi connectivity index (χ0n) is 16.9. The molecule has 7 nitrogen and oxygen atoms in total. The van der Waals surface area contributed by atoms with Gasteiger partial charge in [0.15, 0.2) is 4.60 Å². The fourth-order valence-electron chi connectivity index (χ4n) is 3.67. The van der Waals surface area contributed by atoms with Crippen molar-refractivity contribution in [1.82, 2.24) is 19.7 Å². The number of aromatic amines is 1. The van der Waals surface area contributed by atoms with Gasteiger partial charge < -0.3 is 9.67 Å². The number of aromatic nitrogens is 4. The Morgan fingerprint density at radius 1 is 1.16 bits per heavy atom. The summed E-state index contributed by atoms with van der Waals surface area (Å²) in [5.74, 6) is -0.111. The molecule has 31 heavy (non-hydrogen) atoms. The van der Waals surface area contributed by atoms with Crippen molar-refractivity contribution in [1.29, 1.82) is 0 Å². The zero-order chi connectivity index (χ0) is 22.0. The number of nitrogens with one attached hydrogen (secondary N) is 1. The molecule has 4 rings (SSSR count). The number of halogens is 1. The van der Waals surface area contributed by atoms with Gasteiger partial charge >= 0.3 is 5.97 Å². The third-order valence-electron chi connectivity index (χ3n) is 5.23. The second-order valence-corrected chi connectivity index (χ2v) is 8.06. The molecule has 0 aliphatic carbocycles. The first-order valence-electron chi connectivity index (χ1n) is 10.0. The highest BCUT2D eigenvalue weighted by Crippen LogP contribution is 2.26. The minimum Gasteiger partial charge on any atom is -0.478 e. The average Bonchev–Trinajstić information content (AvgIpc) is 3.14. The van der Waals surface area contributed by atoms with E-state index in [1.54, 1.807) is 18.2 Å². The number of fused-ring (bicyclic) bond motifs is 1. The molecule has 0 bridgehead atoms. The van der Waals surface area contributed by atoms with Crippen LogP contribution < -0.4 is 5.56 Å². The quantitative estimate of drug-likeness (QED) is 0.401. The van der Waals surface area contributed by atoms with Gasteiger partial charge in [-0.05, 0) is 45.1 Å². The van der Waals surface area contributed by atoms with Crippen LogP contribution in [0.25, 0.3) is 22.2 Å². The minimum absolute atomic E-state index is 0.265. The Hall–Kier alpha value is -3.26. The highest BCUT2D eigenvalue weighted by Gasteiger charge is 2.17. The Morgan fingerprint density at radius 3 is 2.61 bits per heavy atom. The van der Waals surface area contributed by atoms with Gasteiger partial charge in [-0.2, -0.15) is 5.10 Å². The Kier molecular flexibility index (Phi) is 5.99. The van der Waals surface area contributed by atoms with E-state index in [1.165, 1.54) is 0 Å². The van der Waals surface area contributed by atoms with Crippen molar-refractivity contribution >= 4 is 32.9 Å². The van der Waals surface area contributed by atoms with Crippen molar-refractivity contribution in [2.24, 2.45) is 0 Å². The van der Waals surface area contributed by atoms with Crippen molar-refractivity contribution in [2.75, 3.05) is 0 Å². The summed E-state index contributed by atoms with van der Waals surface area (Å²) >= 11 is 3.38. The molecule has 2 N–H and O–H groups in total. The van der Waals surface area contributed by atoms with Crippen molar-refractivity contribution in [3.05, 3.63) is 80.4 Å². The number of carbonyl (C=O) groups is 1. The van der Waals surface area contributed by atoms with Gasteiger partial charge in [-0.15, -0.1) is 0 Å². The molecule has 0 aliphatic rings. The van der Waals surface area contributed by atoms with E-state index in [0.717, 1.165) is 36.2 Å². The van der Waals surface area contributed by atoms with Crippen LogP contribution in [0.3, 0.4) is 0 Å². The van der Waals surface area contributed by atoms with E-state index in [1.807, 2.05) is 34.9 Å². The monoisotopic (exact) mass is 480 g/mol. The van der Waals surface area contributed by atoms with Crippen LogP contribution in [-0.2, 0) is 13.0 Å². The van der Waals surface area contributed by atoms with E-state index in [9.17, 15) is 14.7 Å². The summed E-state index contributed by atoms with van der Waals surface area (Å²) in [6.07, 6.45) is 2.76. The highest BCUT2D eigenvalue weighted by molar-refractivity contribution is 9.10. The molecule has 2 aromatic carbocycles. The summed E-state index contributed by atoms with van der Waals surface area (Å²) < 4.78 is 2.45. The van der Waals surface area contributed by atoms with Crippen molar-refractivity contribution < 1.29 is 9.90 Å². The lowest BCUT2D eigenvalue weighted by Crippen LogP contribution is -2.15. The van der Waals surface area contributed by atoms with E-state index in [-0.39, 0.29) is 11.1 Å². The smallest absolute Gasteiger partial charge is 0.336 e. The van der Waals surface area contributed by atoms with Gasteiger partial charge in [0.2, 0.25) is 0 Å². The standard InChI is InChI=1S/C23H21BrN4O3/c1-2-3-8-18-25-19-20(22(29)27-26-21(19)24)28(18)13-14-9-11-15(12-10-14)16-6-4-5-7-17(16)23(30)31/h4-7,9-12H,2-3,8,13H2,1H3,(H,27,29)(H,30,31). The van der Waals surface area contributed by atoms with Gasteiger partial charge in [0.1, 0.15) is 16.9 Å². The maximum Gasteiger partial charge on any atom is 0.336 e. The van der Waals surface area contributed by atoms with Crippen LogP contribution in [-0.4, -0.2) is 30.8 Å². The number of hydrogen-bond donors (Lipinski definition) is 2. The van der Waals surface area contributed by atoms with Crippen LogP contribution in [0.4, 0.5) is 0 Å². The predicted octanol–water partition coefficient (Wildman–Crippen LogP) is 4.64. The molecule has 0 saturated carbocycles. The molecule has 4 aromatic rings. The van der Waals surface area contributed by atoms with Gasteiger partial charge in [0, 0.05) is 13.0 Å². The minimum atomic E-state index is -0.955. The summed E-state index contributed by atoms with van der Waals surface area (Å²) in [4.78, 5) is 28.7. The first kappa shape index (κ1) is 21.0. The normalized spacial score (nSPS) is 11.2. The molecule has 2 heterocycles. The SMILES string of the molecule is CCCCc1nc2c(Br)n[nH]c(=O)c2n1Cc1ccc(-c2ccccc2C(=O)O)cc1. The summed E-state index contributed by atoms with van der Waals surface area (Å²) in [5.41, 5.74) is 3.52. The maximum atomic E-state index is 12.5. The second-order valence-electron chi connectivity index (χ2n) is 7.31. The Bertz CT molecular complexity index is 1310. The third kappa shape index (κ3) is 4.16. The second kappa shape index (κ2) is 8.85. The number of imidazole rings is 1. The summed E-state index contributed by atoms with van der Waals surface area (Å²) in [6.45, 7) is 2.60. The lowest BCUT2D eigenvalue weighted by Gasteiger charge is -2.11.